The van der Waals surface area contributed by atoms with Gasteiger partial charge in [-0.25, -0.2) is 9.48 Å². The number of halogens is 1. The molecule has 4 rings (SSSR count). The number of nitrogens with one attached hydrogen (secondary N) is 1. The lowest BCUT2D eigenvalue weighted by Gasteiger charge is -2.34. The summed E-state index contributed by atoms with van der Waals surface area (Å²) in [5.74, 6) is 0. The van der Waals surface area contributed by atoms with Crippen molar-refractivity contribution < 1.29 is 4.79 Å². The van der Waals surface area contributed by atoms with E-state index in [4.69, 9.17) is 11.6 Å². The quantitative estimate of drug-likeness (QED) is 0.919. The van der Waals surface area contributed by atoms with Crippen molar-refractivity contribution >= 4 is 23.3 Å². The van der Waals surface area contributed by atoms with E-state index in [1.54, 1.807) is 17.1 Å². The maximum atomic E-state index is 12.5. The summed E-state index contributed by atoms with van der Waals surface area (Å²) in [5, 5.41) is 7.85. The highest BCUT2D eigenvalue weighted by atomic mass is 35.5. The van der Waals surface area contributed by atoms with Crippen LogP contribution in [0.4, 0.5) is 10.5 Å². The number of urea groups is 1. The summed E-state index contributed by atoms with van der Waals surface area (Å²) in [4.78, 5) is 16.8. The van der Waals surface area contributed by atoms with Crippen LogP contribution in [0.1, 0.15) is 6.42 Å². The molecular weight excluding hydrogens is 314 g/mol. The number of hydrogen-bond acceptors (Lipinski definition) is 3. The Bertz CT molecular complexity index is 731. The number of amides is 2. The average Bonchev–Trinajstić information content (AvgIpc) is 3.15. The molecule has 120 valence electrons. The molecule has 23 heavy (non-hydrogen) atoms. The van der Waals surface area contributed by atoms with E-state index >= 15 is 0 Å². The van der Waals surface area contributed by atoms with E-state index in [9.17, 15) is 4.79 Å². The first-order valence-corrected chi connectivity index (χ1v) is 8.18. The molecule has 2 unspecified atom stereocenters. The Balaban J connectivity index is 1.47. The highest BCUT2D eigenvalue weighted by Gasteiger charge is 2.35. The number of nitrogens with zero attached hydrogens (tertiary/aromatic N) is 4. The minimum atomic E-state index is -0.0461. The van der Waals surface area contributed by atoms with E-state index in [1.807, 2.05) is 29.2 Å². The Hall–Kier alpha value is -2.05. The van der Waals surface area contributed by atoms with Gasteiger partial charge in [0, 0.05) is 32.2 Å². The van der Waals surface area contributed by atoms with Crippen molar-refractivity contribution in [3.63, 3.8) is 0 Å². The molecule has 2 atom stereocenters. The van der Waals surface area contributed by atoms with Crippen molar-refractivity contribution in [3.8, 4) is 5.69 Å². The molecule has 0 spiro atoms. The van der Waals surface area contributed by atoms with Gasteiger partial charge in [-0.05, 0) is 18.6 Å². The normalized spacial score (nSPS) is 23.1. The molecule has 2 aliphatic rings. The van der Waals surface area contributed by atoms with Crippen LogP contribution in [0.25, 0.3) is 5.69 Å². The standard InChI is InChI=1S/C16H18ClN5O/c17-14-3-1-2-4-15(14)22-10-12(9-18-22)19-16(23)21-8-7-20-6-5-13(21)11-20/h1-4,9-10,13H,5-8,11H2,(H,19,23). The first kappa shape index (κ1) is 14.5. The fourth-order valence-corrected chi connectivity index (χ4v) is 3.54. The van der Waals surface area contributed by atoms with Gasteiger partial charge in [0.2, 0.25) is 0 Å². The molecule has 2 bridgehead atoms. The first-order chi connectivity index (χ1) is 11.2. The molecule has 0 saturated carbocycles. The number of piperazine rings is 1. The summed E-state index contributed by atoms with van der Waals surface area (Å²) in [5.41, 5.74) is 1.47. The monoisotopic (exact) mass is 331 g/mol. The second-order valence-corrected chi connectivity index (χ2v) is 6.40. The number of hydrogen-bond donors (Lipinski definition) is 1. The number of para-hydroxylation sites is 1. The number of anilines is 1. The molecule has 2 amide bonds. The number of carbonyl (C=O) groups excluding carboxylic acids is 1. The lowest BCUT2D eigenvalue weighted by Crippen LogP contribution is -2.50. The molecule has 3 heterocycles. The second-order valence-electron chi connectivity index (χ2n) is 5.99. The van der Waals surface area contributed by atoms with Crippen molar-refractivity contribution in [1.82, 2.24) is 19.6 Å². The Kier molecular flexibility index (Phi) is 3.71. The van der Waals surface area contributed by atoms with E-state index < -0.39 is 0 Å². The lowest BCUT2D eigenvalue weighted by molar-refractivity contribution is 0.153. The van der Waals surface area contributed by atoms with Crippen molar-refractivity contribution in [2.75, 3.05) is 31.5 Å². The highest BCUT2D eigenvalue weighted by Crippen LogP contribution is 2.23. The molecule has 6 nitrogen and oxygen atoms in total. The van der Waals surface area contributed by atoms with Crippen molar-refractivity contribution in [2.45, 2.75) is 12.5 Å². The maximum absolute atomic E-state index is 12.5. The van der Waals surface area contributed by atoms with Crippen LogP contribution in [-0.4, -0.2) is 57.8 Å². The molecule has 0 aliphatic carbocycles. The third-order valence-corrected chi connectivity index (χ3v) is 4.86. The molecular formula is C16H18ClN5O. The van der Waals surface area contributed by atoms with E-state index in [2.05, 4.69) is 15.3 Å². The highest BCUT2D eigenvalue weighted by molar-refractivity contribution is 6.32. The largest absolute Gasteiger partial charge is 0.322 e. The number of carbonyl (C=O) groups is 1. The molecule has 2 aliphatic heterocycles. The topological polar surface area (TPSA) is 53.4 Å². The average molecular weight is 332 g/mol. The van der Waals surface area contributed by atoms with Gasteiger partial charge in [-0.1, -0.05) is 23.7 Å². The Morgan fingerprint density at radius 3 is 3.00 bits per heavy atom. The van der Waals surface area contributed by atoms with Crippen molar-refractivity contribution in [2.24, 2.45) is 0 Å². The second kappa shape index (κ2) is 5.86. The summed E-state index contributed by atoms with van der Waals surface area (Å²) in [6.07, 6.45) is 4.49. The van der Waals surface area contributed by atoms with Gasteiger partial charge in [-0.15, -0.1) is 0 Å². The molecule has 7 heteroatoms. The predicted octanol–water partition coefficient (Wildman–Crippen LogP) is 2.45. The summed E-state index contributed by atoms with van der Waals surface area (Å²) < 4.78 is 1.67. The molecule has 1 aromatic heterocycles. The number of fused-ring (bicyclic) bond motifs is 2. The third kappa shape index (κ3) is 2.80. The number of rotatable bonds is 2. The smallest absolute Gasteiger partial charge is 0.319 e. The number of benzene rings is 1. The van der Waals surface area contributed by atoms with E-state index in [-0.39, 0.29) is 6.03 Å². The van der Waals surface area contributed by atoms with Gasteiger partial charge < -0.3 is 10.2 Å². The predicted molar refractivity (Wildman–Crippen MR) is 89.1 cm³/mol. The Labute approximate surface area is 139 Å². The van der Waals surface area contributed by atoms with E-state index in [0.29, 0.717) is 16.8 Å². The SMILES string of the molecule is O=C(Nc1cnn(-c2ccccc2Cl)c1)N1CCN2CCC1C2. The van der Waals surface area contributed by atoms with Crippen LogP contribution >= 0.6 is 11.6 Å². The molecule has 2 aromatic rings. The third-order valence-electron chi connectivity index (χ3n) is 4.54. The zero-order valence-corrected chi connectivity index (χ0v) is 13.4. The van der Waals surface area contributed by atoms with Crippen LogP contribution in [0.5, 0.6) is 0 Å². The van der Waals surface area contributed by atoms with Gasteiger partial charge in [0.15, 0.2) is 0 Å². The minimum Gasteiger partial charge on any atom is -0.319 e. The van der Waals surface area contributed by atoms with Gasteiger partial charge in [-0.2, -0.15) is 5.10 Å². The zero-order chi connectivity index (χ0) is 15.8. The van der Waals surface area contributed by atoms with Crippen LogP contribution in [0, 0.1) is 0 Å². The zero-order valence-electron chi connectivity index (χ0n) is 12.7. The molecule has 2 fully saturated rings. The van der Waals surface area contributed by atoms with E-state index in [0.717, 1.165) is 38.3 Å². The van der Waals surface area contributed by atoms with Crippen LogP contribution in [-0.2, 0) is 0 Å². The van der Waals surface area contributed by atoms with Gasteiger partial charge in [0.25, 0.3) is 0 Å². The number of aromatic nitrogens is 2. The van der Waals surface area contributed by atoms with Crippen LogP contribution in [0.15, 0.2) is 36.7 Å². The summed E-state index contributed by atoms with van der Waals surface area (Å²) in [6.45, 7) is 3.84. The van der Waals surface area contributed by atoms with E-state index in [1.165, 1.54) is 0 Å². The fraction of sp³-hybridized carbons (Fsp3) is 0.375. The molecule has 0 radical (unpaired) electrons. The van der Waals surface area contributed by atoms with Crippen molar-refractivity contribution in [1.29, 1.82) is 0 Å². The first-order valence-electron chi connectivity index (χ1n) is 7.80. The Morgan fingerprint density at radius 1 is 1.26 bits per heavy atom. The summed E-state index contributed by atoms with van der Waals surface area (Å²) in [7, 11) is 0. The van der Waals surface area contributed by atoms with Gasteiger partial charge in [0.1, 0.15) is 0 Å². The minimum absolute atomic E-state index is 0.0461. The van der Waals surface area contributed by atoms with Crippen LogP contribution in [0.2, 0.25) is 5.02 Å². The van der Waals surface area contributed by atoms with Crippen LogP contribution < -0.4 is 5.32 Å². The van der Waals surface area contributed by atoms with Crippen LogP contribution in [0.3, 0.4) is 0 Å². The van der Waals surface area contributed by atoms with Gasteiger partial charge in [-0.3, -0.25) is 4.90 Å². The Morgan fingerprint density at radius 2 is 2.13 bits per heavy atom. The molecule has 2 saturated heterocycles. The fourth-order valence-electron chi connectivity index (χ4n) is 3.32. The van der Waals surface area contributed by atoms with Gasteiger partial charge >= 0.3 is 6.03 Å². The molecule has 1 N–H and O–H groups in total. The molecule has 1 aromatic carbocycles. The summed E-state index contributed by atoms with van der Waals surface area (Å²) in [6, 6.07) is 7.77. The summed E-state index contributed by atoms with van der Waals surface area (Å²) >= 11 is 6.18. The van der Waals surface area contributed by atoms with Crippen molar-refractivity contribution in [3.05, 3.63) is 41.7 Å². The lowest BCUT2D eigenvalue weighted by atomic mass is 10.2. The van der Waals surface area contributed by atoms with Gasteiger partial charge in [0.05, 0.1) is 28.8 Å². The maximum Gasteiger partial charge on any atom is 0.322 e.